The predicted molar refractivity (Wildman–Crippen MR) is 74.8 cm³/mol. The molecule has 0 fully saturated rings. The van der Waals surface area contributed by atoms with Gasteiger partial charge in [-0.15, -0.1) is 17.0 Å². The zero-order chi connectivity index (χ0) is 10.2. The second-order valence-corrected chi connectivity index (χ2v) is 4.50. The van der Waals surface area contributed by atoms with Gasteiger partial charge in [0.05, 0.1) is 0 Å². The molecule has 1 aromatic carbocycles. The van der Waals surface area contributed by atoms with Gasteiger partial charge in [0.25, 0.3) is 0 Å². The van der Waals surface area contributed by atoms with Gasteiger partial charge in [-0.25, -0.2) is 4.31 Å². The molecule has 0 heterocycles. The number of halogens is 1. The molecule has 0 spiro atoms. The topological polar surface area (TPSA) is 3.24 Å². The van der Waals surface area contributed by atoms with Crippen molar-refractivity contribution in [3.05, 3.63) is 30.3 Å². The molecular formula is C12H20BrNS. The highest BCUT2D eigenvalue weighted by Gasteiger charge is 2.03. The Labute approximate surface area is 108 Å². The van der Waals surface area contributed by atoms with Gasteiger partial charge in [0.2, 0.25) is 0 Å². The van der Waals surface area contributed by atoms with Crippen LogP contribution in [0, 0.1) is 0 Å². The predicted octanol–water partition coefficient (Wildman–Crippen LogP) is 4.39. The van der Waals surface area contributed by atoms with Gasteiger partial charge in [-0.3, -0.25) is 0 Å². The normalized spacial score (nSPS) is 10.1. The molecule has 0 amide bonds. The Kier molecular flexibility index (Phi) is 9.26. The first-order chi connectivity index (χ1) is 6.86. The van der Waals surface area contributed by atoms with Crippen molar-refractivity contribution in [3.8, 4) is 0 Å². The zero-order valence-electron chi connectivity index (χ0n) is 9.48. The molecule has 15 heavy (non-hydrogen) atoms. The Balaban J connectivity index is 0.00000196. The fraction of sp³-hybridized carbons (Fsp3) is 0.500. The van der Waals surface area contributed by atoms with E-state index in [-0.39, 0.29) is 17.0 Å². The van der Waals surface area contributed by atoms with Gasteiger partial charge in [-0.2, -0.15) is 0 Å². The third-order valence-electron chi connectivity index (χ3n) is 1.92. The van der Waals surface area contributed by atoms with E-state index in [1.807, 2.05) is 11.9 Å². The van der Waals surface area contributed by atoms with E-state index in [9.17, 15) is 0 Å². The number of hydrogen-bond acceptors (Lipinski definition) is 2. The molecule has 0 aliphatic carbocycles. The van der Waals surface area contributed by atoms with Gasteiger partial charge in [-0.1, -0.05) is 32.0 Å². The highest BCUT2D eigenvalue weighted by molar-refractivity contribution is 8.93. The van der Waals surface area contributed by atoms with E-state index in [4.69, 9.17) is 0 Å². The monoisotopic (exact) mass is 289 g/mol. The molecule has 1 rings (SSSR count). The maximum atomic E-state index is 2.44. The van der Waals surface area contributed by atoms with Crippen LogP contribution >= 0.6 is 28.9 Å². The fourth-order valence-corrected chi connectivity index (χ4v) is 2.46. The number of nitrogens with zero attached hydrogens (tertiary/aromatic N) is 1. The highest BCUT2D eigenvalue weighted by Crippen LogP contribution is 2.22. The van der Waals surface area contributed by atoms with Crippen LogP contribution in [0.1, 0.15) is 26.7 Å². The average molecular weight is 290 g/mol. The van der Waals surface area contributed by atoms with Gasteiger partial charge in [0.15, 0.2) is 0 Å². The smallest absolute Gasteiger partial charge is 0.0230 e. The van der Waals surface area contributed by atoms with Crippen molar-refractivity contribution in [3.63, 3.8) is 0 Å². The summed E-state index contributed by atoms with van der Waals surface area (Å²) in [6.07, 6.45) is 2.44. The molecule has 0 atom stereocenters. The summed E-state index contributed by atoms with van der Waals surface area (Å²) >= 11 is 1.87. The summed E-state index contributed by atoms with van der Waals surface area (Å²) < 4.78 is 2.44. The average Bonchev–Trinajstić information content (AvgIpc) is 2.20. The lowest BCUT2D eigenvalue weighted by atomic mass is 10.4. The molecule has 0 aliphatic rings. The van der Waals surface area contributed by atoms with Crippen LogP contribution in [0.25, 0.3) is 0 Å². The summed E-state index contributed by atoms with van der Waals surface area (Å²) in [4.78, 5) is 1.34. The molecule has 0 saturated heterocycles. The first kappa shape index (κ1) is 15.0. The van der Waals surface area contributed by atoms with Gasteiger partial charge in [-0.05, 0) is 36.9 Å². The zero-order valence-corrected chi connectivity index (χ0v) is 12.0. The minimum absolute atomic E-state index is 0. The van der Waals surface area contributed by atoms with E-state index in [2.05, 4.69) is 48.5 Å². The van der Waals surface area contributed by atoms with Crippen molar-refractivity contribution in [2.24, 2.45) is 0 Å². The van der Waals surface area contributed by atoms with Crippen molar-refractivity contribution in [2.75, 3.05) is 13.1 Å². The third kappa shape index (κ3) is 6.23. The molecule has 0 N–H and O–H groups in total. The third-order valence-corrected chi connectivity index (χ3v) is 3.03. The maximum Gasteiger partial charge on any atom is 0.0230 e. The number of benzene rings is 1. The molecule has 0 aromatic heterocycles. The molecule has 86 valence electrons. The minimum Gasteiger partial charge on any atom is -0.246 e. The lowest BCUT2D eigenvalue weighted by Gasteiger charge is -2.19. The van der Waals surface area contributed by atoms with Crippen molar-refractivity contribution in [1.82, 2.24) is 4.31 Å². The Morgan fingerprint density at radius 3 is 2.00 bits per heavy atom. The molecule has 0 bridgehead atoms. The summed E-state index contributed by atoms with van der Waals surface area (Å²) in [7, 11) is 0. The van der Waals surface area contributed by atoms with Crippen molar-refractivity contribution >= 4 is 28.9 Å². The number of rotatable bonds is 6. The van der Waals surface area contributed by atoms with E-state index in [1.165, 1.54) is 30.8 Å². The minimum atomic E-state index is 0. The molecule has 0 radical (unpaired) electrons. The van der Waals surface area contributed by atoms with E-state index >= 15 is 0 Å². The Hall–Kier alpha value is 0.0100. The molecule has 3 heteroatoms. The molecular weight excluding hydrogens is 270 g/mol. The van der Waals surface area contributed by atoms with Crippen LogP contribution in [0.4, 0.5) is 0 Å². The van der Waals surface area contributed by atoms with Crippen LogP contribution in [0.2, 0.25) is 0 Å². The van der Waals surface area contributed by atoms with Crippen molar-refractivity contribution < 1.29 is 0 Å². The molecule has 0 unspecified atom stereocenters. The van der Waals surface area contributed by atoms with Crippen LogP contribution in [0.3, 0.4) is 0 Å². The Bertz CT molecular complexity index is 235. The van der Waals surface area contributed by atoms with E-state index in [1.54, 1.807) is 0 Å². The molecule has 0 aliphatic heterocycles. The van der Waals surface area contributed by atoms with Gasteiger partial charge >= 0.3 is 0 Å². The quantitative estimate of drug-likeness (QED) is 0.715. The van der Waals surface area contributed by atoms with Crippen LogP contribution < -0.4 is 0 Å². The first-order valence-electron chi connectivity index (χ1n) is 5.34. The maximum absolute atomic E-state index is 2.44. The van der Waals surface area contributed by atoms with Gasteiger partial charge in [0.1, 0.15) is 0 Å². The standard InChI is InChI=1S/C12H19NS.BrH/c1-3-10-13(11-4-2)14-12-8-6-5-7-9-12;/h5-9H,3-4,10-11H2,1-2H3;1H. The fourth-order valence-electron chi connectivity index (χ4n) is 1.33. The second kappa shape index (κ2) is 9.25. The summed E-state index contributed by atoms with van der Waals surface area (Å²) in [6.45, 7) is 6.81. The molecule has 1 nitrogen and oxygen atoms in total. The lowest BCUT2D eigenvalue weighted by molar-refractivity contribution is 0.467. The van der Waals surface area contributed by atoms with Gasteiger partial charge < -0.3 is 0 Å². The SMILES string of the molecule is Br.CCCN(CCC)Sc1ccccc1. The second-order valence-electron chi connectivity index (χ2n) is 3.33. The summed E-state index contributed by atoms with van der Waals surface area (Å²) in [6, 6.07) is 10.6. The largest absolute Gasteiger partial charge is 0.246 e. The summed E-state index contributed by atoms with van der Waals surface area (Å²) in [5.41, 5.74) is 0. The van der Waals surface area contributed by atoms with Gasteiger partial charge in [0, 0.05) is 18.0 Å². The Morgan fingerprint density at radius 2 is 1.53 bits per heavy atom. The van der Waals surface area contributed by atoms with Crippen LogP contribution in [0.15, 0.2) is 35.2 Å². The molecule has 0 saturated carbocycles. The van der Waals surface area contributed by atoms with Crippen LogP contribution in [-0.2, 0) is 0 Å². The van der Waals surface area contributed by atoms with E-state index < -0.39 is 0 Å². The van der Waals surface area contributed by atoms with Crippen molar-refractivity contribution in [1.29, 1.82) is 0 Å². The van der Waals surface area contributed by atoms with Crippen LogP contribution in [0.5, 0.6) is 0 Å². The number of hydrogen-bond donors (Lipinski definition) is 0. The van der Waals surface area contributed by atoms with E-state index in [0.717, 1.165) is 0 Å². The van der Waals surface area contributed by atoms with Crippen molar-refractivity contribution in [2.45, 2.75) is 31.6 Å². The first-order valence-corrected chi connectivity index (χ1v) is 6.12. The molecule has 1 aromatic rings. The van der Waals surface area contributed by atoms with Crippen LogP contribution in [-0.4, -0.2) is 17.4 Å². The Morgan fingerprint density at radius 1 is 1.00 bits per heavy atom. The lowest BCUT2D eigenvalue weighted by Crippen LogP contribution is -2.17. The van der Waals surface area contributed by atoms with E-state index in [0.29, 0.717) is 0 Å². The summed E-state index contributed by atoms with van der Waals surface area (Å²) in [5.74, 6) is 0. The highest BCUT2D eigenvalue weighted by atomic mass is 79.9. The summed E-state index contributed by atoms with van der Waals surface area (Å²) in [5, 5.41) is 0.